The molecule has 2 saturated heterocycles. The molecule has 0 unspecified atom stereocenters. The lowest BCUT2D eigenvalue weighted by Crippen LogP contribution is -2.35. The van der Waals surface area contributed by atoms with Crippen LogP contribution in [0.5, 0.6) is 0 Å². The summed E-state index contributed by atoms with van der Waals surface area (Å²) in [5, 5.41) is 2.93. The Balaban J connectivity index is 1.48. The Morgan fingerprint density at radius 3 is 2.78 bits per heavy atom. The highest BCUT2D eigenvalue weighted by Gasteiger charge is 2.35. The quantitative estimate of drug-likeness (QED) is 0.748. The number of nitrogens with one attached hydrogen (secondary N) is 1. The molecule has 2 aliphatic rings. The van der Waals surface area contributed by atoms with Gasteiger partial charge in [-0.1, -0.05) is 26.0 Å². The molecule has 2 fully saturated rings. The monoisotopic (exact) mass is 371 g/mol. The summed E-state index contributed by atoms with van der Waals surface area (Å²) in [5.74, 6) is 0.220. The maximum atomic E-state index is 12.4. The van der Waals surface area contributed by atoms with Crippen molar-refractivity contribution in [2.75, 3.05) is 31.1 Å². The minimum absolute atomic E-state index is 0.00119. The van der Waals surface area contributed by atoms with E-state index in [1.54, 1.807) is 4.90 Å². The molecule has 2 aliphatic heterocycles. The minimum atomic E-state index is -0.311. The molecule has 3 amide bonds. The first-order chi connectivity index (χ1) is 13.0. The average Bonchev–Trinajstić information content (AvgIpc) is 3.24. The predicted molar refractivity (Wildman–Crippen MR) is 104 cm³/mol. The molecule has 1 atom stereocenters. The van der Waals surface area contributed by atoms with E-state index in [1.165, 1.54) is 5.56 Å². The molecule has 2 heterocycles. The van der Waals surface area contributed by atoms with Gasteiger partial charge in [-0.15, -0.1) is 0 Å². The number of carbonyl (C=O) groups excluding carboxylic acids is 3. The zero-order chi connectivity index (χ0) is 19.4. The van der Waals surface area contributed by atoms with E-state index in [2.05, 4.69) is 25.2 Å². The van der Waals surface area contributed by atoms with Crippen LogP contribution in [0.3, 0.4) is 0 Å². The van der Waals surface area contributed by atoms with Crippen molar-refractivity contribution in [2.45, 2.75) is 45.4 Å². The van der Waals surface area contributed by atoms with Crippen molar-refractivity contribution < 1.29 is 14.4 Å². The van der Waals surface area contributed by atoms with Crippen LogP contribution >= 0.6 is 0 Å². The van der Waals surface area contributed by atoms with Crippen LogP contribution in [-0.4, -0.2) is 48.8 Å². The van der Waals surface area contributed by atoms with Crippen molar-refractivity contribution >= 4 is 23.4 Å². The van der Waals surface area contributed by atoms with Crippen LogP contribution in [-0.2, 0) is 14.4 Å². The van der Waals surface area contributed by atoms with Crippen molar-refractivity contribution in [3.8, 4) is 0 Å². The van der Waals surface area contributed by atoms with Crippen molar-refractivity contribution in [2.24, 2.45) is 5.92 Å². The number of amides is 3. The SMILES string of the molecule is CC(C)c1cccc(N2C[C@H](C(=O)NCCCN3CCCC3=O)CC2=O)c1. The number of hydrogen-bond acceptors (Lipinski definition) is 3. The van der Waals surface area contributed by atoms with Gasteiger partial charge in [0.15, 0.2) is 0 Å². The number of nitrogens with zero attached hydrogens (tertiary/aromatic N) is 2. The summed E-state index contributed by atoms with van der Waals surface area (Å²) in [5.41, 5.74) is 2.05. The fourth-order valence-electron chi connectivity index (χ4n) is 3.75. The second kappa shape index (κ2) is 8.55. The Morgan fingerprint density at radius 2 is 2.07 bits per heavy atom. The third kappa shape index (κ3) is 4.67. The highest BCUT2D eigenvalue weighted by atomic mass is 16.2. The summed E-state index contributed by atoms with van der Waals surface area (Å²) in [6, 6.07) is 7.99. The fourth-order valence-corrected chi connectivity index (χ4v) is 3.75. The summed E-state index contributed by atoms with van der Waals surface area (Å²) < 4.78 is 0. The number of benzene rings is 1. The largest absolute Gasteiger partial charge is 0.356 e. The van der Waals surface area contributed by atoms with Gasteiger partial charge in [0, 0.05) is 44.7 Å². The van der Waals surface area contributed by atoms with Gasteiger partial charge in [-0.05, 0) is 36.5 Å². The van der Waals surface area contributed by atoms with Gasteiger partial charge in [-0.3, -0.25) is 14.4 Å². The molecular weight excluding hydrogens is 342 g/mol. The van der Waals surface area contributed by atoms with Crippen molar-refractivity contribution in [1.82, 2.24) is 10.2 Å². The molecule has 3 rings (SSSR count). The van der Waals surface area contributed by atoms with Crippen LogP contribution in [0, 0.1) is 5.92 Å². The molecule has 0 aromatic heterocycles. The van der Waals surface area contributed by atoms with Crippen LogP contribution in [0.4, 0.5) is 5.69 Å². The molecule has 1 aromatic rings. The molecule has 1 N–H and O–H groups in total. The lowest BCUT2D eigenvalue weighted by Gasteiger charge is -2.19. The Bertz CT molecular complexity index is 716. The van der Waals surface area contributed by atoms with Crippen LogP contribution in [0.1, 0.15) is 51.0 Å². The summed E-state index contributed by atoms with van der Waals surface area (Å²) in [4.78, 5) is 40.0. The molecule has 6 nitrogen and oxygen atoms in total. The summed E-state index contributed by atoms with van der Waals surface area (Å²) in [7, 11) is 0. The smallest absolute Gasteiger partial charge is 0.227 e. The van der Waals surface area contributed by atoms with Crippen LogP contribution in [0.25, 0.3) is 0 Å². The van der Waals surface area contributed by atoms with Gasteiger partial charge < -0.3 is 15.1 Å². The Labute approximate surface area is 160 Å². The van der Waals surface area contributed by atoms with Gasteiger partial charge in [0.05, 0.1) is 5.92 Å². The van der Waals surface area contributed by atoms with E-state index in [1.807, 2.05) is 23.1 Å². The molecule has 1 aromatic carbocycles. The zero-order valence-electron chi connectivity index (χ0n) is 16.2. The first-order valence-corrected chi connectivity index (χ1v) is 9.91. The van der Waals surface area contributed by atoms with Crippen molar-refractivity contribution in [3.63, 3.8) is 0 Å². The van der Waals surface area contributed by atoms with Crippen molar-refractivity contribution in [3.05, 3.63) is 29.8 Å². The van der Waals surface area contributed by atoms with Crippen LogP contribution in [0.15, 0.2) is 24.3 Å². The molecule has 0 aliphatic carbocycles. The van der Waals surface area contributed by atoms with Gasteiger partial charge in [-0.25, -0.2) is 0 Å². The third-order valence-corrected chi connectivity index (χ3v) is 5.42. The second-order valence-electron chi connectivity index (χ2n) is 7.78. The molecular formula is C21H29N3O3. The molecule has 27 heavy (non-hydrogen) atoms. The summed E-state index contributed by atoms with van der Waals surface area (Å²) in [6.07, 6.45) is 2.58. The molecule has 146 valence electrons. The van der Waals surface area contributed by atoms with Gasteiger partial charge >= 0.3 is 0 Å². The highest BCUT2D eigenvalue weighted by Crippen LogP contribution is 2.27. The normalized spacial score (nSPS) is 20.0. The van der Waals surface area contributed by atoms with Gasteiger partial charge in [0.1, 0.15) is 0 Å². The maximum absolute atomic E-state index is 12.4. The first-order valence-electron chi connectivity index (χ1n) is 9.91. The van der Waals surface area contributed by atoms with E-state index in [-0.39, 0.29) is 30.1 Å². The molecule has 0 radical (unpaired) electrons. The van der Waals surface area contributed by atoms with E-state index < -0.39 is 0 Å². The number of carbonyl (C=O) groups is 3. The Kier molecular flexibility index (Phi) is 6.14. The fraction of sp³-hybridized carbons (Fsp3) is 0.571. The van der Waals surface area contributed by atoms with Gasteiger partial charge in [0.25, 0.3) is 0 Å². The van der Waals surface area contributed by atoms with E-state index in [0.717, 1.165) is 25.1 Å². The van der Waals surface area contributed by atoms with E-state index in [9.17, 15) is 14.4 Å². The number of hydrogen-bond donors (Lipinski definition) is 1. The third-order valence-electron chi connectivity index (χ3n) is 5.42. The van der Waals surface area contributed by atoms with Gasteiger partial charge in [0.2, 0.25) is 17.7 Å². The summed E-state index contributed by atoms with van der Waals surface area (Å²) >= 11 is 0. The molecule has 0 spiro atoms. The standard InChI is InChI=1S/C21H29N3O3/c1-15(2)16-6-3-7-18(12-16)24-14-17(13-20(24)26)21(27)22-9-5-11-23-10-4-8-19(23)25/h3,6-7,12,15,17H,4-5,8-11,13-14H2,1-2H3,(H,22,27)/t17-/m1/s1. The average molecular weight is 371 g/mol. The lowest BCUT2D eigenvalue weighted by atomic mass is 10.0. The lowest BCUT2D eigenvalue weighted by molar-refractivity contribution is -0.127. The van der Waals surface area contributed by atoms with E-state index in [0.29, 0.717) is 32.0 Å². The van der Waals surface area contributed by atoms with E-state index >= 15 is 0 Å². The number of rotatable bonds is 7. The first kappa shape index (κ1) is 19.4. The van der Waals surface area contributed by atoms with Crippen molar-refractivity contribution in [1.29, 1.82) is 0 Å². The Hall–Kier alpha value is -2.37. The second-order valence-corrected chi connectivity index (χ2v) is 7.78. The number of anilines is 1. The number of likely N-dealkylation sites (tertiary alicyclic amines) is 1. The topological polar surface area (TPSA) is 69.7 Å². The highest BCUT2D eigenvalue weighted by molar-refractivity contribution is 6.00. The molecule has 6 heteroatoms. The van der Waals surface area contributed by atoms with Gasteiger partial charge in [-0.2, -0.15) is 0 Å². The maximum Gasteiger partial charge on any atom is 0.227 e. The summed E-state index contributed by atoms with van der Waals surface area (Å²) in [6.45, 7) is 6.73. The predicted octanol–water partition coefficient (Wildman–Crippen LogP) is 2.29. The molecule has 0 bridgehead atoms. The molecule has 0 saturated carbocycles. The van der Waals surface area contributed by atoms with Crippen LogP contribution < -0.4 is 10.2 Å². The van der Waals surface area contributed by atoms with Crippen LogP contribution in [0.2, 0.25) is 0 Å². The van der Waals surface area contributed by atoms with E-state index in [4.69, 9.17) is 0 Å². The Morgan fingerprint density at radius 1 is 1.26 bits per heavy atom. The zero-order valence-corrected chi connectivity index (χ0v) is 16.2. The minimum Gasteiger partial charge on any atom is -0.356 e.